The molecule has 5 heteroatoms. The molecule has 0 aliphatic carbocycles. The van der Waals surface area contributed by atoms with Gasteiger partial charge in [0.1, 0.15) is 5.82 Å². The molecule has 1 aromatic rings. The number of benzene rings is 1. The Kier molecular flexibility index (Phi) is 5.48. The second-order valence-corrected chi connectivity index (χ2v) is 4.60. The maximum Gasteiger partial charge on any atom is 0.308 e. The molecule has 1 N–H and O–H groups in total. The van der Waals surface area contributed by atoms with Gasteiger partial charge in [0.05, 0.1) is 5.92 Å². The van der Waals surface area contributed by atoms with Crippen LogP contribution in [0.4, 0.5) is 4.39 Å². The third kappa shape index (κ3) is 4.69. The van der Waals surface area contributed by atoms with E-state index in [2.05, 4.69) is 0 Å². The fourth-order valence-electron chi connectivity index (χ4n) is 1.72. The highest BCUT2D eigenvalue weighted by molar-refractivity contribution is 5.77. The molecule has 0 bridgehead atoms. The molecule has 0 aliphatic rings. The van der Waals surface area contributed by atoms with E-state index in [0.717, 1.165) is 0 Å². The zero-order valence-corrected chi connectivity index (χ0v) is 11.1. The van der Waals surface area contributed by atoms with E-state index in [1.807, 2.05) is 0 Å². The topological polar surface area (TPSA) is 57.6 Å². The normalized spacial score (nSPS) is 11.9. The van der Waals surface area contributed by atoms with Gasteiger partial charge in [-0.2, -0.15) is 0 Å². The molecular formula is C14H18FNO3. The van der Waals surface area contributed by atoms with Crippen molar-refractivity contribution in [2.45, 2.75) is 19.8 Å². The molecule has 4 nitrogen and oxygen atoms in total. The summed E-state index contributed by atoms with van der Waals surface area (Å²) < 4.78 is 13.4. The third-order valence-electron chi connectivity index (χ3n) is 2.96. The first kappa shape index (κ1) is 15.1. The maximum absolute atomic E-state index is 13.4. The molecule has 19 heavy (non-hydrogen) atoms. The van der Waals surface area contributed by atoms with E-state index in [9.17, 15) is 14.0 Å². The first-order valence-electron chi connectivity index (χ1n) is 6.12. The van der Waals surface area contributed by atoms with Crippen molar-refractivity contribution < 1.29 is 19.1 Å². The lowest BCUT2D eigenvalue weighted by molar-refractivity contribution is -0.142. The zero-order chi connectivity index (χ0) is 14.4. The van der Waals surface area contributed by atoms with E-state index in [1.165, 1.54) is 11.0 Å². The average molecular weight is 267 g/mol. The Morgan fingerprint density at radius 2 is 2.00 bits per heavy atom. The van der Waals surface area contributed by atoms with Crippen LogP contribution in [0.5, 0.6) is 0 Å². The van der Waals surface area contributed by atoms with E-state index >= 15 is 0 Å². The highest BCUT2D eigenvalue weighted by Gasteiger charge is 2.17. The molecule has 0 radical (unpaired) electrons. The van der Waals surface area contributed by atoms with Crippen molar-refractivity contribution in [2.75, 3.05) is 13.6 Å². The second-order valence-electron chi connectivity index (χ2n) is 4.60. The quantitative estimate of drug-likeness (QED) is 0.857. The van der Waals surface area contributed by atoms with Gasteiger partial charge in [0.15, 0.2) is 0 Å². The summed E-state index contributed by atoms with van der Waals surface area (Å²) in [6.07, 6.45) is 0.487. The van der Waals surface area contributed by atoms with Crippen LogP contribution < -0.4 is 0 Å². The van der Waals surface area contributed by atoms with Gasteiger partial charge in [-0.15, -0.1) is 0 Å². The van der Waals surface area contributed by atoms with Crippen molar-refractivity contribution in [2.24, 2.45) is 5.92 Å². The smallest absolute Gasteiger partial charge is 0.308 e. The molecule has 1 rings (SSSR count). The molecule has 0 saturated heterocycles. The zero-order valence-electron chi connectivity index (χ0n) is 11.1. The molecule has 1 unspecified atom stereocenters. The number of hydrogen-bond donors (Lipinski definition) is 1. The largest absolute Gasteiger partial charge is 0.481 e. The Morgan fingerprint density at radius 1 is 1.37 bits per heavy atom. The maximum atomic E-state index is 13.4. The van der Waals surface area contributed by atoms with Gasteiger partial charge in [-0.1, -0.05) is 25.1 Å². The van der Waals surface area contributed by atoms with Gasteiger partial charge >= 0.3 is 5.97 Å². The number of carboxylic acids is 1. The second kappa shape index (κ2) is 6.87. The summed E-state index contributed by atoms with van der Waals surface area (Å²) in [5.41, 5.74) is 0.496. The summed E-state index contributed by atoms with van der Waals surface area (Å²) >= 11 is 0. The molecule has 0 heterocycles. The van der Waals surface area contributed by atoms with E-state index in [1.54, 1.807) is 32.2 Å². The van der Waals surface area contributed by atoms with E-state index in [-0.39, 0.29) is 24.7 Å². The Morgan fingerprint density at radius 3 is 2.58 bits per heavy atom. The molecule has 0 aliphatic heterocycles. The van der Waals surface area contributed by atoms with Crippen LogP contribution in [0.2, 0.25) is 0 Å². The van der Waals surface area contributed by atoms with E-state index in [4.69, 9.17) is 5.11 Å². The Bertz CT molecular complexity index is 462. The molecule has 0 saturated carbocycles. The van der Waals surface area contributed by atoms with Crippen molar-refractivity contribution in [3.63, 3.8) is 0 Å². The minimum Gasteiger partial charge on any atom is -0.481 e. The van der Waals surface area contributed by atoms with Crippen LogP contribution in [0.25, 0.3) is 0 Å². The van der Waals surface area contributed by atoms with Crippen LogP contribution in [-0.2, 0) is 16.0 Å². The fourth-order valence-corrected chi connectivity index (χ4v) is 1.72. The van der Waals surface area contributed by atoms with E-state index < -0.39 is 11.9 Å². The molecule has 1 amide bonds. The number of nitrogens with zero attached hydrogens (tertiary/aromatic N) is 1. The summed E-state index contributed by atoms with van der Waals surface area (Å²) in [7, 11) is 1.56. The molecule has 1 aromatic carbocycles. The Hall–Kier alpha value is -1.91. The summed E-state index contributed by atoms with van der Waals surface area (Å²) in [6, 6.07) is 6.32. The number of hydrogen-bond acceptors (Lipinski definition) is 2. The highest BCUT2D eigenvalue weighted by Crippen LogP contribution is 2.10. The minimum atomic E-state index is -0.936. The standard InChI is InChI=1S/C14H18FNO3/c1-10(14(18)19)9-16(2)13(17)8-7-11-5-3-4-6-12(11)15/h3-6,10H,7-9H2,1-2H3,(H,18,19). The number of aliphatic carboxylic acids is 1. The fraction of sp³-hybridized carbons (Fsp3) is 0.429. The summed E-state index contributed by atoms with van der Waals surface area (Å²) in [5, 5.41) is 8.77. The van der Waals surface area contributed by atoms with Crippen LogP contribution in [0, 0.1) is 11.7 Å². The minimum absolute atomic E-state index is 0.158. The number of aryl methyl sites for hydroxylation is 1. The summed E-state index contributed by atoms with van der Waals surface area (Å²) in [6.45, 7) is 1.70. The van der Waals surface area contributed by atoms with Crippen molar-refractivity contribution in [3.05, 3.63) is 35.6 Å². The van der Waals surface area contributed by atoms with Gasteiger partial charge in [-0.05, 0) is 18.1 Å². The predicted molar refractivity (Wildman–Crippen MR) is 69.2 cm³/mol. The SMILES string of the molecule is CC(CN(C)C(=O)CCc1ccccc1F)C(=O)O. The monoisotopic (exact) mass is 267 g/mol. The van der Waals surface area contributed by atoms with Crippen LogP contribution in [0.1, 0.15) is 18.9 Å². The highest BCUT2D eigenvalue weighted by atomic mass is 19.1. The number of carboxylic acid groups (broad SMARTS) is 1. The van der Waals surface area contributed by atoms with Crippen LogP contribution in [0.15, 0.2) is 24.3 Å². The van der Waals surface area contributed by atoms with Crippen molar-refractivity contribution in [1.82, 2.24) is 4.90 Å². The number of rotatable bonds is 6. The first-order valence-corrected chi connectivity index (χ1v) is 6.12. The van der Waals surface area contributed by atoms with Gasteiger partial charge in [-0.25, -0.2) is 4.39 Å². The van der Waals surface area contributed by atoms with Crippen molar-refractivity contribution in [1.29, 1.82) is 0 Å². The number of halogens is 1. The Labute approximate surface area is 111 Å². The third-order valence-corrected chi connectivity index (χ3v) is 2.96. The lowest BCUT2D eigenvalue weighted by Gasteiger charge is -2.19. The molecule has 104 valence electrons. The van der Waals surface area contributed by atoms with Gasteiger partial charge in [0.2, 0.25) is 5.91 Å². The number of amides is 1. The average Bonchev–Trinajstić information content (AvgIpc) is 2.37. The predicted octanol–water partition coefficient (Wildman–Crippen LogP) is 1.94. The molecular weight excluding hydrogens is 249 g/mol. The Balaban J connectivity index is 2.47. The van der Waals surface area contributed by atoms with Crippen LogP contribution >= 0.6 is 0 Å². The van der Waals surface area contributed by atoms with Crippen molar-refractivity contribution in [3.8, 4) is 0 Å². The molecule has 1 atom stereocenters. The molecule has 0 spiro atoms. The summed E-state index contributed by atoms with van der Waals surface area (Å²) in [5.74, 6) is -2.05. The van der Waals surface area contributed by atoms with E-state index in [0.29, 0.717) is 12.0 Å². The van der Waals surface area contributed by atoms with Crippen LogP contribution in [-0.4, -0.2) is 35.5 Å². The van der Waals surface area contributed by atoms with Gasteiger partial charge < -0.3 is 10.0 Å². The molecule has 0 aromatic heterocycles. The lowest BCUT2D eigenvalue weighted by Crippen LogP contribution is -2.33. The number of carbonyl (C=O) groups excluding carboxylic acids is 1. The number of carbonyl (C=O) groups is 2. The van der Waals surface area contributed by atoms with Gasteiger partial charge in [-0.3, -0.25) is 9.59 Å². The first-order chi connectivity index (χ1) is 8.91. The van der Waals surface area contributed by atoms with Crippen LogP contribution in [0.3, 0.4) is 0 Å². The van der Waals surface area contributed by atoms with Gasteiger partial charge in [0.25, 0.3) is 0 Å². The van der Waals surface area contributed by atoms with Crippen molar-refractivity contribution >= 4 is 11.9 Å². The molecule has 0 fully saturated rings. The van der Waals surface area contributed by atoms with Gasteiger partial charge in [0, 0.05) is 20.0 Å². The summed E-state index contributed by atoms with van der Waals surface area (Å²) in [4.78, 5) is 23.9. The lowest BCUT2D eigenvalue weighted by atomic mass is 10.1.